The van der Waals surface area contributed by atoms with Gasteiger partial charge in [0.05, 0.1) is 21.7 Å². The topological polar surface area (TPSA) is 49.4 Å². The summed E-state index contributed by atoms with van der Waals surface area (Å²) in [6.45, 7) is 0.0180. The quantitative estimate of drug-likeness (QED) is 0.858. The summed E-state index contributed by atoms with van der Waals surface area (Å²) in [6.07, 6.45) is -0.108. The van der Waals surface area contributed by atoms with Gasteiger partial charge in [-0.15, -0.1) is 0 Å². The van der Waals surface area contributed by atoms with E-state index in [1.54, 1.807) is 18.2 Å². The largest absolute Gasteiger partial charge is 0.321 e. The van der Waals surface area contributed by atoms with Gasteiger partial charge in [0, 0.05) is 13.0 Å². The molecule has 0 aromatic heterocycles. The van der Waals surface area contributed by atoms with Crippen molar-refractivity contribution < 1.29 is 18.4 Å². The number of hydrogen-bond donors (Lipinski definition) is 1. The molecule has 8 heteroatoms. The van der Waals surface area contributed by atoms with E-state index in [2.05, 4.69) is 5.32 Å². The fraction of sp³-hybridized carbons (Fsp3) is 0.176. The molecular formula is C17H12Cl2F2N2O2. The Morgan fingerprint density at radius 2 is 1.64 bits per heavy atom. The zero-order chi connectivity index (χ0) is 18.1. The second-order valence-electron chi connectivity index (χ2n) is 5.56. The first-order chi connectivity index (χ1) is 11.9. The molecule has 3 rings (SSSR count). The second kappa shape index (κ2) is 6.98. The van der Waals surface area contributed by atoms with E-state index in [0.717, 1.165) is 12.1 Å². The van der Waals surface area contributed by atoms with Crippen molar-refractivity contribution in [3.63, 3.8) is 0 Å². The maximum Gasteiger partial charge on any atom is 0.229 e. The van der Waals surface area contributed by atoms with E-state index >= 15 is 0 Å². The number of rotatable bonds is 3. The number of amides is 2. The predicted molar refractivity (Wildman–Crippen MR) is 91.9 cm³/mol. The average Bonchev–Trinajstić information content (AvgIpc) is 2.93. The third kappa shape index (κ3) is 3.45. The third-order valence-electron chi connectivity index (χ3n) is 3.91. The van der Waals surface area contributed by atoms with Crippen LogP contribution in [-0.2, 0) is 9.59 Å². The van der Waals surface area contributed by atoms with Crippen molar-refractivity contribution in [3.05, 3.63) is 58.1 Å². The lowest BCUT2D eigenvalue weighted by Gasteiger charge is -2.19. The minimum atomic E-state index is -0.885. The highest BCUT2D eigenvalue weighted by atomic mass is 35.5. The van der Waals surface area contributed by atoms with Gasteiger partial charge in [-0.05, 0) is 24.3 Å². The molecule has 1 heterocycles. The molecule has 0 radical (unpaired) electrons. The molecule has 25 heavy (non-hydrogen) atoms. The van der Waals surface area contributed by atoms with Gasteiger partial charge in [-0.3, -0.25) is 9.59 Å². The number of nitrogens with one attached hydrogen (secondary N) is 1. The van der Waals surface area contributed by atoms with Crippen molar-refractivity contribution in [2.24, 2.45) is 5.92 Å². The number of hydrogen-bond acceptors (Lipinski definition) is 2. The van der Waals surface area contributed by atoms with Crippen molar-refractivity contribution in [1.82, 2.24) is 0 Å². The number of benzene rings is 2. The van der Waals surface area contributed by atoms with E-state index in [-0.39, 0.29) is 28.9 Å². The van der Waals surface area contributed by atoms with Crippen LogP contribution in [0.2, 0.25) is 10.0 Å². The summed E-state index contributed by atoms with van der Waals surface area (Å²) in [7, 11) is 0. The maximum absolute atomic E-state index is 13.7. The van der Waals surface area contributed by atoms with Crippen LogP contribution in [0.25, 0.3) is 0 Å². The molecular weight excluding hydrogens is 373 g/mol. The number of nitrogens with zero attached hydrogens (tertiary/aromatic N) is 1. The molecule has 0 aliphatic carbocycles. The number of halogens is 4. The van der Waals surface area contributed by atoms with Gasteiger partial charge in [0.2, 0.25) is 11.8 Å². The van der Waals surface area contributed by atoms with Gasteiger partial charge in [-0.2, -0.15) is 0 Å². The molecule has 1 unspecified atom stereocenters. The van der Waals surface area contributed by atoms with Gasteiger partial charge in [0.15, 0.2) is 0 Å². The molecule has 1 N–H and O–H groups in total. The number of carbonyl (C=O) groups excluding carboxylic acids is 2. The Hall–Kier alpha value is -2.18. The number of anilines is 2. The standard InChI is InChI=1S/C17H12Cl2F2N2O2/c18-10-3-1-4-11(19)16(10)23-8-9(7-14(23)24)17(25)22-15-12(20)5-2-6-13(15)21/h1-6,9H,7-8H2,(H,22,25). The van der Waals surface area contributed by atoms with Gasteiger partial charge in [0.1, 0.15) is 17.3 Å². The molecule has 2 aromatic carbocycles. The van der Waals surface area contributed by atoms with Gasteiger partial charge >= 0.3 is 0 Å². The van der Waals surface area contributed by atoms with Crippen LogP contribution in [0.1, 0.15) is 6.42 Å². The van der Waals surface area contributed by atoms with Crippen LogP contribution in [0.3, 0.4) is 0 Å². The molecule has 130 valence electrons. The van der Waals surface area contributed by atoms with Crippen molar-refractivity contribution in [2.75, 3.05) is 16.8 Å². The molecule has 4 nitrogen and oxygen atoms in total. The molecule has 1 atom stereocenters. The van der Waals surface area contributed by atoms with Crippen molar-refractivity contribution in [2.45, 2.75) is 6.42 Å². The normalized spacial score (nSPS) is 17.0. The van der Waals surface area contributed by atoms with Gasteiger partial charge < -0.3 is 10.2 Å². The van der Waals surface area contributed by atoms with E-state index in [4.69, 9.17) is 23.2 Å². The zero-order valence-electron chi connectivity index (χ0n) is 12.7. The molecule has 0 bridgehead atoms. The summed E-state index contributed by atoms with van der Waals surface area (Å²) >= 11 is 12.2. The van der Waals surface area contributed by atoms with Crippen LogP contribution in [-0.4, -0.2) is 18.4 Å². The van der Waals surface area contributed by atoms with E-state index in [9.17, 15) is 18.4 Å². The Morgan fingerprint density at radius 3 is 2.24 bits per heavy atom. The molecule has 1 fully saturated rings. The first-order valence-electron chi connectivity index (χ1n) is 7.37. The van der Waals surface area contributed by atoms with E-state index < -0.39 is 29.1 Å². The van der Waals surface area contributed by atoms with Crippen LogP contribution in [0.4, 0.5) is 20.2 Å². The van der Waals surface area contributed by atoms with Crippen molar-refractivity contribution in [3.8, 4) is 0 Å². The Balaban J connectivity index is 1.80. The fourth-order valence-corrected chi connectivity index (χ4v) is 3.29. The minimum absolute atomic E-state index is 0.0180. The summed E-state index contributed by atoms with van der Waals surface area (Å²) < 4.78 is 27.3. The summed E-state index contributed by atoms with van der Waals surface area (Å²) in [5, 5.41) is 2.77. The van der Waals surface area contributed by atoms with Gasteiger partial charge in [0.25, 0.3) is 0 Å². The van der Waals surface area contributed by atoms with Crippen LogP contribution in [0.15, 0.2) is 36.4 Å². The first kappa shape index (κ1) is 17.6. The van der Waals surface area contributed by atoms with Crippen LogP contribution >= 0.6 is 23.2 Å². The lowest BCUT2D eigenvalue weighted by atomic mass is 10.1. The van der Waals surface area contributed by atoms with Gasteiger partial charge in [-0.25, -0.2) is 8.78 Å². The Labute approximate surface area is 152 Å². The highest BCUT2D eigenvalue weighted by Gasteiger charge is 2.37. The first-order valence-corrected chi connectivity index (χ1v) is 8.13. The van der Waals surface area contributed by atoms with Crippen molar-refractivity contribution in [1.29, 1.82) is 0 Å². The molecule has 1 aliphatic rings. The second-order valence-corrected chi connectivity index (χ2v) is 6.38. The molecule has 0 spiro atoms. The highest BCUT2D eigenvalue weighted by molar-refractivity contribution is 6.40. The number of carbonyl (C=O) groups is 2. The summed E-state index contributed by atoms with van der Waals surface area (Å²) in [5.41, 5.74) is -0.211. The third-order valence-corrected chi connectivity index (χ3v) is 4.52. The molecule has 1 aliphatic heterocycles. The molecule has 2 amide bonds. The van der Waals surface area contributed by atoms with E-state index in [1.807, 2.05) is 0 Å². The zero-order valence-corrected chi connectivity index (χ0v) is 14.2. The van der Waals surface area contributed by atoms with Crippen LogP contribution in [0.5, 0.6) is 0 Å². The Bertz CT molecular complexity index is 820. The maximum atomic E-state index is 13.7. The molecule has 2 aromatic rings. The predicted octanol–water partition coefficient (Wildman–Crippen LogP) is 4.26. The smallest absolute Gasteiger partial charge is 0.229 e. The van der Waals surface area contributed by atoms with Crippen LogP contribution < -0.4 is 10.2 Å². The van der Waals surface area contributed by atoms with E-state index in [1.165, 1.54) is 11.0 Å². The monoisotopic (exact) mass is 384 g/mol. The summed E-state index contributed by atoms with van der Waals surface area (Å²) in [6, 6.07) is 8.07. The lowest BCUT2D eigenvalue weighted by Crippen LogP contribution is -2.29. The number of para-hydroxylation sites is 2. The van der Waals surface area contributed by atoms with Crippen molar-refractivity contribution >= 4 is 46.4 Å². The Morgan fingerprint density at radius 1 is 1.08 bits per heavy atom. The van der Waals surface area contributed by atoms with Gasteiger partial charge in [-0.1, -0.05) is 35.3 Å². The SMILES string of the molecule is O=C(Nc1c(F)cccc1F)C1CC(=O)N(c2c(Cl)cccc2Cl)C1. The minimum Gasteiger partial charge on any atom is -0.321 e. The highest BCUT2D eigenvalue weighted by Crippen LogP contribution is 2.37. The van der Waals surface area contributed by atoms with E-state index in [0.29, 0.717) is 5.69 Å². The van der Waals surface area contributed by atoms with Crippen LogP contribution in [0, 0.1) is 17.6 Å². The molecule has 0 saturated carbocycles. The Kier molecular flexibility index (Phi) is 4.92. The lowest BCUT2D eigenvalue weighted by molar-refractivity contribution is -0.122. The average molecular weight is 385 g/mol. The summed E-state index contributed by atoms with van der Waals surface area (Å²) in [5.74, 6) is -3.54. The fourth-order valence-electron chi connectivity index (χ4n) is 2.69. The molecule has 1 saturated heterocycles. The summed E-state index contributed by atoms with van der Waals surface area (Å²) in [4.78, 5) is 25.9.